The molecular weight excluding hydrogens is 1250 g/mol. The second-order valence-electron chi connectivity index (χ2n) is 30.1. The summed E-state index contributed by atoms with van der Waals surface area (Å²) in [5.41, 5.74) is 5.95. The summed E-state index contributed by atoms with van der Waals surface area (Å²) in [6.45, 7) is 29.8. The quantitative estimate of drug-likeness (QED) is 0.0357. The number of hydroxylamine groups is 8. The van der Waals surface area contributed by atoms with Gasteiger partial charge in [-0.05, 0) is 189 Å². The van der Waals surface area contributed by atoms with Crippen LogP contribution in [-0.4, -0.2) is 114 Å². The van der Waals surface area contributed by atoms with E-state index < -0.39 is 11.7 Å². The molecule has 99 heavy (non-hydrogen) atoms. The van der Waals surface area contributed by atoms with Gasteiger partial charge in [0.05, 0.1) is 52.1 Å². The highest BCUT2D eigenvalue weighted by Gasteiger charge is 2.50. The van der Waals surface area contributed by atoms with Gasteiger partial charge in [-0.1, -0.05) is 224 Å². The van der Waals surface area contributed by atoms with E-state index in [0.29, 0.717) is 36.6 Å². The molecule has 0 aliphatic carbocycles. The molecule has 0 bridgehead atoms. The minimum Gasteiger partial charge on any atom is -0.396 e. The summed E-state index contributed by atoms with van der Waals surface area (Å²) in [6, 6.07) is 50.0. The van der Waals surface area contributed by atoms with Crippen LogP contribution in [0.3, 0.4) is 0 Å². The average Bonchev–Trinajstić information content (AvgIpc) is 1.67. The SMILES string of the molecule is C.CC[C@H]1C[C@@](CCO)(CC(C)C)N(Cc2ccc(-c3ccccc3)cc2)O1.CC[C@H]1C[C@@](CCO)(CC(C)C)N(Cc2ccc(C(F)(F)F)cc2)O1.CC[C@H]1C[C@@](CCO)(CC(C)C)N(Cc2ccc3ccccc3c2)O1.CC[C@H]1C[C@@](CCO)(CC(C)C)N(Cc2ccccc2)O1. The van der Waals surface area contributed by atoms with Crippen molar-refractivity contribution < 1.29 is 52.9 Å². The fraction of sp³-hybridized carbons (Fsp3) is 0.595. The molecule has 0 unspecified atom stereocenters. The van der Waals surface area contributed by atoms with Crippen molar-refractivity contribution in [2.24, 2.45) is 23.7 Å². The molecule has 4 aliphatic rings. The van der Waals surface area contributed by atoms with Crippen LogP contribution in [0.4, 0.5) is 13.2 Å². The molecule has 0 spiro atoms. The highest BCUT2D eigenvalue weighted by Crippen LogP contribution is 2.46. The van der Waals surface area contributed by atoms with E-state index in [2.05, 4.69) is 214 Å². The van der Waals surface area contributed by atoms with Gasteiger partial charge in [0.25, 0.3) is 0 Å². The summed E-state index contributed by atoms with van der Waals surface area (Å²) >= 11 is 0. The van der Waals surface area contributed by atoms with Crippen molar-refractivity contribution in [1.82, 2.24) is 20.3 Å². The lowest BCUT2D eigenvalue weighted by molar-refractivity contribution is -0.201. The molecule has 4 heterocycles. The van der Waals surface area contributed by atoms with Crippen LogP contribution in [0.1, 0.15) is 221 Å². The minimum absolute atomic E-state index is 0. The van der Waals surface area contributed by atoms with E-state index in [9.17, 15) is 33.6 Å². The van der Waals surface area contributed by atoms with Crippen LogP contribution in [0.15, 0.2) is 152 Å². The predicted octanol–water partition coefficient (Wildman–Crippen LogP) is 19.6. The summed E-state index contributed by atoms with van der Waals surface area (Å²) in [6.07, 6.45) is 11.3. The van der Waals surface area contributed by atoms with Crippen LogP contribution in [0.5, 0.6) is 0 Å². The molecule has 4 saturated heterocycles. The molecule has 0 amide bonds. The van der Waals surface area contributed by atoms with Crippen molar-refractivity contribution >= 4 is 10.8 Å². The molecule has 6 aromatic rings. The van der Waals surface area contributed by atoms with Crippen molar-refractivity contribution in [2.45, 2.75) is 272 Å². The molecule has 4 N–H and O–H groups in total. The maximum Gasteiger partial charge on any atom is 0.416 e. The third-order valence-corrected chi connectivity index (χ3v) is 20.2. The van der Waals surface area contributed by atoms with Crippen LogP contribution >= 0.6 is 0 Å². The van der Waals surface area contributed by atoms with E-state index in [4.69, 9.17) is 19.4 Å². The summed E-state index contributed by atoms with van der Waals surface area (Å²) < 4.78 is 38.2. The third-order valence-electron chi connectivity index (χ3n) is 20.2. The molecule has 15 heteroatoms. The molecule has 4 aliphatic heterocycles. The number of nitrogens with zero attached hydrogens (tertiary/aromatic N) is 4. The lowest BCUT2D eigenvalue weighted by Gasteiger charge is -2.37. The fourth-order valence-electron chi connectivity index (χ4n) is 15.9. The largest absolute Gasteiger partial charge is 0.416 e. The van der Waals surface area contributed by atoms with Crippen molar-refractivity contribution in [1.29, 1.82) is 0 Å². The van der Waals surface area contributed by atoms with Crippen LogP contribution < -0.4 is 0 Å². The lowest BCUT2D eigenvalue weighted by Crippen LogP contribution is -2.44. The predicted molar refractivity (Wildman–Crippen MR) is 397 cm³/mol. The van der Waals surface area contributed by atoms with E-state index in [0.717, 1.165) is 134 Å². The average molecular weight is 1380 g/mol. The number of aliphatic hydroxyl groups is 4. The Labute approximate surface area is 594 Å². The smallest absolute Gasteiger partial charge is 0.396 e. The molecule has 10 rings (SSSR count). The van der Waals surface area contributed by atoms with Gasteiger partial charge in [-0.3, -0.25) is 19.4 Å². The summed E-state index contributed by atoms with van der Waals surface area (Å²) in [5, 5.41) is 49.5. The molecule has 0 radical (unpaired) electrons. The Bertz CT molecular complexity index is 3210. The maximum absolute atomic E-state index is 12.7. The monoisotopic (exact) mass is 1370 g/mol. The molecular formula is C84H125F3N4O8. The number of halogens is 3. The second-order valence-corrected chi connectivity index (χ2v) is 30.1. The first-order chi connectivity index (χ1) is 46.9. The van der Waals surface area contributed by atoms with Gasteiger partial charge < -0.3 is 20.4 Å². The first-order valence-corrected chi connectivity index (χ1v) is 36.9. The van der Waals surface area contributed by atoms with Crippen LogP contribution in [0.25, 0.3) is 21.9 Å². The topological polar surface area (TPSA) is 131 Å². The van der Waals surface area contributed by atoms with E-state index in [-0.39, 0.29) is 80.4 Å². The van der Waals surface area contributed by atoms with Crippen molar-refractivity contribution in [3.63, 3.8) is 0 Å². The van der Waals surface area contributed by atoms with E-state index in [1.807, 2.05) is 17.2 Å². The Morgan fingerprint density at radius 1 is 0.374 bits per heavy atom. The Hall–Kier alpha value is -5.11. The van der Waals surface area contributed by atoms with E-state index in [1.165, 1.54) is 50.7 Å². The summed E-state index contributed by atoms with van der Waals surface area (Å²) in [5.74, 6) is 2.17. The highest BCUT2D eigenvalue weighted by atomic mass is 19.4. The molecule has 0 saturated carbocycles. The number of hydrogen-bond acceptors (Lipinski definition) is 12. The van der Waals surface area contributed by atoms with Crippen LogP contribution in [-0.2, 0) is 51.7 Å². The Balaban J connectivity index is 0.000000208. The zero-order valence-corrected chi connectivity index (χ0v) is 61.4. The number of rotatable bonds is 29. The Morgan fingerprint density at radius 2 is 0.657 bits per heavy atom. The number of alkyl halides is 3. The van der Waals surface area contributed by atoms with Gasteiger partial charge in [0.1, 0.15) is 0 Å². The molecule has 550 valence electrons. The zero-order valence-electron chi connectivity index (χ0n) is 61.4. The zero-order chi connectivity index (χ0) is 71.1. The highest BCUT2D eigenvalue weighted by molar-refractivity contribution is 5.83. The molecule has 12 nitrogen and oxygen atoms in total. The van der Waals surface area contributed by atoms with Crippen LogP contribution in [0, 0.1) is 23.7 Å². The van der Waals surface area contributed by atoms with Gasteiger partial charge in [0, 0.05) is 52.6 Å². The number of hydrogen-bond donors (Lipinski definition) is 4. The fourth-order valence-corrected chi connectivity index (χ4v) is 15.9. The van der Waals surface area contributed by atoms with Gasteiger partial charge in [-0.15, -0.1) is 0 Å². The van der Waals surface area contributed by atoms with E-state index >= 15 is 0 Å². The Kier molecular flexibility index (Phi) is 33.1. The number of benzene rings is 6. The standard InChI is InChI=1S/C24H33NO2.C22H31NO2.C19H28F3NO2.C18H29NO2.CH4/c1-4-23-17-24(14-15-26,16-19(2)3)25(27-23)18-20-10-12-22(13-11-20)21-8-6-5-7-9-21;1-4-21-15-22(11-12-24,14-17(2)3)23(25-21)16-18-9-10-19-7-5-6-8-20(19)13-18;1-4-17-12-18(9-10-24,11-14(2)3)23(25-17)13-15-5-7-16(8-6-15)19(20,21)22;1-4-17-13-18(10-11-20,12-15(2)3)19(21-17)14-16-8-6-5-7-9-16;/h5-13,19,23,26H,4,14-18H2,1-3H3;5-10,13,17,21,24H,4,11-12,14-16H2,1-3H3;5-8,14,17,24H,4,9-13H2,1-3H3;5-9,15,17,20H,4,10-14H2,1-3H3;1H4/t23-,24+;21-,22+;2*17-,18+;/m0000./s1. The van der Waals surface area contributed by atoms with E-state index in [1.54, 1.807) is 0 Å². The van der Waals surface area contributed by atoms with Crippen LogP contribution in [0.2, 0.25) is 0 Å². The third kappa shape index (κ3) is 23.5. The molecule has 8 atom stereocenters. The Morgan fingerprint density at radius 3 is 0.980 bits per heavy atom. The minimum atomic E-state index is -4.33. The second kappa shape index (κ2) is 39.5. The first kappa shape index (κ1) is 82.8. The molecule has 6 aromatic carbocycles. The van der Waals surface area contributed by atoms with Gasteiger partial charge in [-0.25, -0.2) is 0 Å². The van der Waals surface area contributed by atoms with Crippen molar-refractivity contribution in [3.05, 3.63) is 179 Å². The number of fused-ring (bicyclic) bond motifs is 1. The summed E-state index contributed by atoms with van der Waals surface area (Å²) in [4.78, 5) is 24.9. The van der Waals surface area contributed by atoms with Gasteiger partial charge in [0.15, 0.2) is 0 Å². The van der Waals surface area contributed by atoms with Crippen molar-refractivity contribution in [2.75, 3.05) is 26.4 Å². The van der Waals surface area contributed by atoms with Gasteiger partial charge in [0.2, 0.25) is 0 Å². The first-order valence-electron chi connectivity index (χ1n) is 36.9. The summed E-state index contributed by atoms with van der Waals surface area (Å²) in [7, 11) is 0. The normalized spacial score (nSPS) is 24.5. The lowest BCUT2D eigenvalue weighted by atomic mass is 9.81. The number of aliphatic hydroxyl groups excluding tert-OH is 4. The molecule has 0 aromatic heterocycles. The molecule has 4 fully saturated rings. The van der Waals surface area contributed by atoms with Crippen molar-refractivity contribution in [3.8, 4) is 11.1 Å². The maximum atomic E-state index is 12.7. The van der Waals surface area contributed by atoms with Gasteiger partial charge in [-0.2, -0.15) is 33.4 Å². The van der Waals surface area contributed by atoms with Gasteiger partial charge >= 0.3 is 6.18 Å².